The van der Waals surface area contributed by atoms with Gasteiger partial charge < -0.3 is 15.8 Å². The molecule has 0 bridgehead atoms. The van der Waals surface area contributed by atoms with Crippen molar-refractivity contribution in [2.75, 3.05) is 37.0 Å². The number of sulfonamides is 1. The highest BCUT2D eigenvalue weighted by Gasteiger charge is 2.12. The minimum Gasteiger partial charge on any atom is -0.462 e. The van der Waals surface area contributed by atoms with Crippen LogP contribution in [0.25, 0.3) is 0 Å². The average Bonchev–Trinajstić information content (AvgIpc) is 2.35. The lowest BCUT2D eigenvalue weighted by Crippen LogP contribution is -2.28. The van der Waals surface area contributed by atoms with Crippen molar-refractivity contribution in [2.45, 2.75) is 6.92 Å². The summed E-state index contributed by atoms with van der Waals surface area (Å²) in [5.74, 6) is -0.474. The summed E-state index contributed by atoms with van der Waals surface area (Å²) in [6.07, 6.45) is 1.08. The zero-order valence-corrected chi connectivity index (χ0v) is 12.3. The minimum absolute atomic E-state index is 0.214. The molecule has 0 amide bonds. The van der Waals surface area contributed by atoms with Crippen LogP contribution < -0.4 is 15.8 Å². The molecule has 0 spiro atoms. The Morgan fingerprint density at radius 2 is 2.05 bits per heavy atom. The van der Waals surface area contributed by atoms with Gasteiger partial charge in [0, 0.05) is 24.5 Å². The van der Waals surface area contributed by atoms with E-state index in [4.69, 9.17) is 10.5 Å². The van der Waals surface area contributed by atoms with Crippen LogP contribution in [0.4, 0.5) is 11.4 Å². The fourth-order valence-electron chi connectivity index (χ4n) is 1.53. The number of carbonyl (C=O) groups is 1. The van der Waals surface area contributed by atoms with Crippen LogP contribution in [0.15, 0.2) is 18.2 Å². The first-order valence-electron chi connectivity index (χ1n) is 6.08. The standard InChI is InChI=1S/C12H19N3O4S/c1-3-19-12(16)10-8-9(13)4-5-11(10)14-6-7-15-20(2,17)18/h4-5,8,14-15H,3,6-7,13H2,1-2H3. The predicted molar refractivity (Wildman–Crippen MR) is 78.1 cm³/mol. The molecule has 20 heavy (non-hydrogen) atoms. The van der Waals surface area contributed by atoms with Gasteiger partial charge in [0.15, 0.2) is 0 Å². The number of ether oxygens (including phenoxy) is 1. The van der Waals surface area contributed by atoms with Gasteiger partial charge in [-0.05, 0) is 25.1 Å². The molecule has 0 fully saturated rings. The van der Waals surface area contributed by atoms with Crippen LogP contribution in [0.3, 0.4) is 0 Å². The third-order valence-electron chi connectivity index (χ3n) is 2.34. The molecule has 0 aliphatic carbocycles. The number of nitrogen functional groups attached to an aromatic ring is 1. The summed E-state index contributed by atoms with van der Waals surface area (Å²) in [5, 5.41) is 2.97. The van der Waals surface area contributed by atoms with Crippen LogP contribution in [0.1, 0.15) is 17.3 Å². The van der Waals surface area contributed by atoms with Crippen molar-refractivity contribution in [3.8, 4) is 0 Å². The summed E-state index contributed by atoms with van der Waals surface area (Å²) in [7, 11) is -3.22. The Kier molecular flexibility index (Phi) is 5.78. The molecule has 1 rings (SSSR count). The van der Waals surface area contributed by atoms with Crippen LogP contribution in [-0.2, 0) is 14.8 Å². The zero-order chi connectivity index (χ0) is 15.2. The van der Waals surface area contributed by atoms with Crippen molar-refractivity contribution in [1.29, 1.82) is 0 Å². The summed E-state index contributed by atoms with van der Waals surface area (Å²) in [6, 6.07) is 4.82. The lowest BCUT2D eigenvalue weighted by Gasteiger charge is -2.12. The maximum absolute atomic E-state index is 11.8. The van der Waals surface area contributed by atoms with E-state index in [-0.39, 0.29) is 13.2 Å². The van der Waals surface area contributed by atoms with Crippen LogP contribution in [0, 0.1) is 0 Å². The van der Waals surface area contributed by atoms with Crippen molar-refractivity contribution in [3.05, 3.63) is 23.8 Å². The monoisotopic (exact) mass is 301 g/mol. The van der Waals surface area contributed by atoms with E-state index in [0.29, 0.717) is 23.5 Å². The second kappa shape index (κ2) is 7.11. The van der Waals surface area contributed by atoms with E-state index in [1.165, 1.54) is 6.07 Å². The van der Waals surface area contributed by atoms with Crippen LogP contribution in [0.2, 0.25) is 0 Å². The first-order chi connectivity index (χ1) is 9.33. The molecule has 0 aliphatic rings. The number of esters is 1. The Morgan fingerprint density at radius 3 is 2.65 bits per heavy atom. The Morgan fingerprint density at radius 1 is 1.35 bits per heavy atom. The van der Waals surface area contributed by atoms with Crippen molar-refractivity contribution in [1.82, 2.24) is 4.72 Å². The second-order valence-corrected chi connectivity index (χ2v) is 5.95. The molecule has 0 atom stereocenters. The topological polar surface area (TPSA) is 111 Å². The van der Waals surface area contributed by atoms with E-state index in [2.05, 4.69) is 10.0 Å². The molecule has 0 saturated carbocycles. The van der Waals surface area contributed by atoms with Gasteiger partial charge in [-0.15, -0.1) is 0 Å². The molecule has 7 nitrogen and oxygen atoms in total. The van der Waals surface area contributed by atoms with E-state index in [1.54, 1.807) is 19.1 Å². The first kappa shape index (κ1) is 16.3. The first-order valence-corrected chi connectivity index (χ1v) is 7.97. The van der Waals surface area contributed by atoms with Gasteiger partial charge >= 0.3 is 5.97 Å². The van der Waals surface area contributed by atoms with Gasteiger partial charge in [-0.2, -0.15) is 0 Å². The van der Waals surface area contributed by atoms with Gasteiger partial charge in [0.05, 0.1) is 18.4 Å². The van der Waals surface area contributed by atoms with Gasteiger partial charge in [-0.25, -0.2) is 17.9 Å². The number of hydrogen-bond acceptors (Lipinski definition) is 6. The van der Waals surface area contributed by atoms with E-state index in [9.17, 15) is 13.2 Å². The average molecular weight is 301 g/mol. The molecule has 0 aromatic heterocycles. The number of benzene rings is 1. The maximum Gasteiger partial charge on any atom is 0.340 e. The van der Waals surface area contributed by atoms with E-state index in [0.717, 1.165) is 6.26 Å². The molecular weight excluding hydrogens is 282 g/mol. The maximum atomic E-state index is 11.8. The molecule has 1 aromatic carbocycles. The SMILES string of the molecule is CCOC(=O)c1cc(N)ccc1NCCNS(C)(=O)=O. The van der Waals surface area contributed by atoms with Gasteiger partial charge in [0.1, 0.15) is 0 Å². The summed E-state index contributed by atoms with van der Waals surface area (Å²) in [5.41, 5.74) is 6.97. The Labute approximate surface area is 118 Å². The molecule has 8 heteroatoms. The summed E-state index contributed by atoms with van der Waals surface area (Å²) in [6.45, 7) is 2.53. The number of hydrogen-bond donors (Lipinski definition) is 3. The minimum atomic E-state index is -3.22. The van der Waals surface area contributed by atoms with Crippen molar-refractivity contribution in [3.63, 3.8) is 0 Å². The molecule has 0 radical (unpaired) electrons. The van der Waals surface area contributed by atoms with Crippen LogP contribution in [-0.4, -0.2) is 40.3 Å². The lowest BCUT2D eigenvalue weighted by atomic mass is 10.1. The second-order valence-electron chi connectivity index (χ2n) is 4.12. The van der Waals surface area contributed by atoms with Crippen LogP contribution >= 0.6 is 0 Å². The zero-order valence-electron chi connectivity index (χ0n) is 11.5. The van der Waals surface area contributed by atoms with E-state index in [1.807, 2.05) is 0 Å². The van der Waals surface area contributed by atoms with Crippen molar-refractivity contribution in [2.24, 2.45) is 0 Å². The van der Waals surface area contributed by atoms with Gasteiger partial charge in [0.25, 0.3) is 0 Å². The van der Waals surface area contributed by atoms with Gasteiger partial charge in [-0.1, -0.05) is 0 Å². The van der Waals surface area contributed by atoms with E-state index >= 15 is 0 Å². The van der Waals surface area contributed by atoms with E-state index < -0.39 is 16.0 Å². The summed E-state index contributed by atoms with van der Waals surface area (Å²) in [4.78, 5) is 11.8. The lowest BCUT2D eigenvalue weighted by molar-refractivity contribution is 0.0527. The number of anilines is 2. The normalized spacial score (nSPS) is 11.1. The molecule has 4 N–H and O–H groups in total. The molecule has 0 saturated heterocycles. The summed E-state index contributed by atoms with van der Waals surface area (Å²) >= 11 is 0. The fraction of sp³-hybridized carbons (Fsp3) is 0.417. The Hall–Kier alpha value is -1.80. The number of nitrogens with two attached hydrogens (primary N) is 1. The van der Waals surface area contributed by atoms with Crippen molar-refractivity contribution >= 4 is 27.4 Å². The van der Waals surface area contributed by atoms with Crippen molar-refractivity contribution < 1.29 is 17.9 Å². The molecule has 0 unspecified atom stereocenters. The molecule has 0 heterocycles. The van der Waals surface area contributed by atoms with Crippen LogP contribution in [0.5, 0.6) is 0 Å². The predicted octanol–water partition coefficient (Wildman–Crippen LogP) is 0.407. The van der Waals surface area contributed by atoms with Gasteiger partial charge in [-0.3, -0.25) is 0 Å². The molecule has 0 aliphatic heterocycles. The number of carbonyl (C=O) groups excluding carboxylic acids is 1. The highest BCUT2D eigenvalue weighted by Crippen LogP contribution is 2.19. The highest BCUT2D eigenvalue weighted by atomic mass is 32.2. The molecule has 1 aromatic rings. The Bertz CT molecular complexity index is 572. The smallest absolute Gasteiger partial charge is 0.340 e. The fourth-order valence-corrected chi connectivity index (χ4v) is 2.00. The third kappa shape index (κ3) is 5.45. The number of rotatable bonds is 7. The number of nitrogens with one attached hydrogen (secondary N) is 2. The Balaban J connectivity index is 2.71. The third-order valence-corrected chi connectivity index (χ3v) is 3.07. The summed E-state index contributed by atoms with van der Waals surface area (Å²) < 4.78 is 29.1. The van der Waals surface area contributed by atoms with Gasteiger partial charge in [0.2, 0.25) is 10.0 Å². The highest BCUT2D eigenvalue weighted by molar-refractivity contribution is 7.88. The molecular formula is C12H19N3O4S. The largest absolute Gasteiger partial charge is 0.462 e. The quantitative estimate of drug-likeness (QED) is 0.382. The molecule has 112 valence electrons.